The van der Waals surface area contributed by atoms with Gasteiger partial charge >= 0.3 is 5.97 Å². The highest BCUT2D eigenvalue weighted by atomic mass is 16.6. The molecule has 1 unspecified atom stereocenters. The van der Waals surface area contributed by atoms with Crippen molar-refractivity contribution in [1.29, 1.82) is 0 Å². The zero-order valence-electron chi connectivity index (χ0n) is 11.9. The van der Waals surface area contributed by atoms with Crippen molar-refractivity contribution in [3.63, 3.8) is 0 Å². The molecule has 0 amide bonds. The van der Waals surface area contributed by atoms with E-state index in [1.54, 1.807) is 19.1 Å². The van der Waals surface area contributed by atoms with Gasteiger partial charge in [0.15, 0.2) is 0 Å². The number of nitrogens with zero attached hydrogens (tertiary/aromatic N) is 2. The standard InChI is InChI=1S/C15H16N2O4/c1-3-4-11(15(18)19)10-5-6-14(17(20)21)13-8-16-9(2)7-12(10)13/h5-8,11H,3-4H2,1-2H3,(H,18,19). The van der Waals surface area contributed by atoms with E-state index in [0.29, 0.717) is 28.5 Å². The van der Waals surface area contributed by atoms with E-state index in [9.17, 15) is 20.0 Å². The van der Waals surface area contributed by atoms with Crippen LogP contribution in [0.25, 0.3) is 10.8 Å². The van der Waals surface area contributed by atoms with Crippen LogP contribution in [0.5, 0.6) is 0 Å². The fraction of sp³-hybridized carbons (Fsp3) is 0.333. The molecule has 0 radical (unpaired) electrons. The maximum atomic E-state index is 11.5. The number of aromatic nitrogens is 1. The lowest BCUT2D eigenvalue weighted by Gasteiger charge is -2.14. The lowest BCUT2D eigenvalue weighted by molar-refractivity contribution is -0.383. The first-order chi connectivity index (χ1) is 9.95. The molecule has 0 aliphatic heterocycles. The van der Waals surface area contributed by atoms with E-state index in [4.69, 9.17) is 0 Å². The number of fused-ring (bicyclic) bond motifs is 1. The van der Waals surface area contributed by atoms with Crippen molar-refractivity contribution in [2.75, 3.05) is 0 Å². The van der Waals surface area contributed by atoms with Crippen molar-refractivity contribution in [1.82, 2.24) is 4.98 Å². The van der Waals surface area contributed by atoms with Gasteiger partial charge in [-0.3, -0.25) is 19.9 Å². The third kappa shape index (κ3) is 2.84. The predicted molar refractivity (Wildman–Crippen MR) is 78.4 cm³/mol. The third-order valence-electron chi connectivity index (χ3n) is 3.50. The van der Waals surface area contributed by atoms with Crippen molar-refractivity contribution in [3.8, 4) is 0 Å². The second kappa shape index (κ2) is 5.87. The van der Waals surface area contributed by atoms with Gasteiger partial charge in [-0.15, -0.1) is 0 Å². The Morgan fingerprint density at radius 1 is 1.43 bits per heavy atom. The molecule has 0 bridgehead atoms. The topological polar surface area (TPSA) is 93.3 Å². The first-order valence-corrected chi connectivity index (χ1v) is 6.72. The van der Waals surface area contributed by atoms with Gasteiger partial charge in [0.25, 0.3) is 5.69 Å². The number of aliphatic carboxylic acids is 1. The molecule has 0 aliphatic rings. The molecule has 0 saturated heterocycles. The van der Waals surface area contributed by atoms with Gasteiger partial charge in [-0.25, -0.2) is 0 Å². The average molecular weight is 288 g/mol. The molecule has 1 aromatic heterocycles. The first kappa shape index (κ1) is 14.9. The maximum Gasteiger partial charge on any atom is 0.310 e. The third-order valence-corrected chi connectivity index (χ3v) is 3.50. The average Bonchev–Trinajstić information content (AvgIpc) is 2.43. The minimum Gasteiger partial charge on any atom is -0.481 e. The van der Waals surface area contributed by atoms with Gasteiger partial charge in [0.2, 0.25) is 0 Å². The van der Waals surface area contributed by atoms with Crippen LogP contribution in [0.3, 0.4) is 0 Å². The molecule has 110 valence electrons. The Bertz CT molecular complexity index is 712. The molecule has 2 rings (SSSR count). The number of pyridine rings is 1. The van der Waals surface area contributed by atoms with Gasteiger partial charge in [0.1, 0.15) is 0 Å². The summed E-state index contributed by atoms with van der Waals surface area (Å²) in [5.41, 5.74) is 1.25. The summed E-state index contributed by atoms with van der Waals surface area (Å²) in [5.74, 6) is -1.58. The quantitative estimate of drug-likeness (QED) is 0.672. The Hall–Kier alpha value is -2.50. The van der Waals surface area contributed by atoms with Crippen LogP contribution in [0, 0.1) is 17.0 Å². The van der Waals surface area contributed by atoms with Gasteiger partial charge in [-0.05, 0) is 30.4 Å². The zero-order valence-corrected chi connectivity index (χ0v) is 11.9. The van der Waals surface area contributed by atoms with Gasteiger partial charge in [-0.2, -0.15) is 0 Å². The van der Waals surface area contributed by atoms with Gasteiger partial charge in [0, 0.05) is 18.0 Å². The number of rotatable bonds is 5. The van der Waals surface area contributed by atoms with Crippen LogP contribution < -0.4 is 0 Å². The molecule has 0 spiro atoms. The summed E-state index contributed by atoms with van der Waals surface area (Å²) >= 11 is 0. The van der Waals surface area contributed by atoms with Gasteiger partial charge in [-0.1, -0.05) is 19.4 Å². The molecule has 6 heteroatoms. The number of carbonyl (C=O) groups is 1. The van der Waals surface area contributed by atoms with Gasteiger partial charge in [0.05, 0.1) is 16.2 Å². The fourth-order valence-corrected chi connectivity index (χ4v) is 2.51. The molecule has 0 fully saturated rings. The number of nitro benzene ring substituents is 1. The van der Waals surface area contributed by atoms with E-state index in [2.05, 4.69) is 4.98 Å². The summed E-state index contributed by atoms with van der Waals surface area (Å²) in [6, 6.07) is 4.62. The van der Waals surface area contributed by atoms with Crippen LogP contribution in [0.4, 0.5) is 5.69 Å². The Morgan fingerprint density at radius 2 is 2.14 bits per heavy atom. The molecule has 1 N–H and O–H groups in total. The Kier molecular flexibility index (Phi) is 4.16. The Labute approximate surface area is 121 Å². The van der Waals surface area contributed by atoms with E-state index < -0.39 is 16.8 Å². The predicted octanol–water partition coefficient (Wildman–Crippen LogP) is 3.42. The minimum absolute atomic E-state index is 0.0538. The number of benzene rings is 1. The summed E-state index contributed by atoms with van der Waals surface area (Å²) in [4.78, 5) is 26.2. The number of hydrogen-bond acceptors (Lipinski definition) is 4. The zero-order chi connectivity index (χ0) is 15.6. The minimum atomic E-state index is -0.915. The summed E-state index contributed by atoms with van der Waals surface area (Å²) in [7, 11) is 0. The molecule has 1 heterocycles. The molecule has 1 atom stereocenters. The Morgan fingerprint density at radius 3 is 2.71 bits per heavy atom. The lowest BCUT2D eigenvalue weighted by Crippen LogP contribution is -2.12. The SMILES string of the molecule is CCCC(C(=O)O)c1ccc([N+](=O)[O-])c2cnc(C)cc12. The van der Waals surface area contributed by atoms with E-state index in [1.807, 2.05) is 6.92 Å². The van der Waals surface area contributed by atoms with Crippen molar-refractivity contribution < 1.29 is 14.8 Å². The number of hydrogen-bond donors (Lipinski definition) is 1. The van der Waals surface area contributed by atoms with Crippen LogP contribution >= 0.6 is 0 Å². The maximum absolute atomic E-state index is 11.5. The number of nitro groups is 1. The lowest BCUT2D eigenvalue weighted by atomic mass is 9.90. The molecular weight excluding hydrogens is 272 g/mol. The van der Waals surface area contributed by atoms with Gasteiger partial charge < -0.3 is 5.11 Å². The van der Waals surface area contributed by atoms with E-state index in [-0.39, 0.29) is 5.69 Å². The molecular formula is C15H16N2O4. The highest BCUT2D eigenvalue weighted by Crippen LogP contribution is 2.34. The highest BCUT2D eigenvalue weighted by molar-refractivity contribution is 5.96. The fourth-order valence-electron chi connectivity index (χ4n) is 2.51. The monoisotopic (exact) mass is 288 g/mol. The summed E-state index contributed by atoms with van der Waals surface area (Å²) in [6.07, 6.45) is 2.65. The van der Waals surface area contributed by atoms with Crippen LogP contribution in [0.15, 0.2) is 24.4 Å². The summed E-state index contributed by atoms with van der Waals surface area (Å²) < 4.78 is 0. The molecule has 0 aliphatic carbocycles. The normalized spacial score (nSPS) is 12.3. The number of non-ortho nitro benzene ring substituents is 1. The highest BCUT2D eigenvalue weighted by Gasteiger charge is 2.24. The van der Waals surface area contributed by atoms with E-state index in [0.717, 1.165) is 6.42 Å². The molecule has 21 heavy (non-hydrogen) atoms. The second-order valence-electron chi connectivity index (χ2n) is 4.98. The molecule has 2 aromatic rings. The van der Waals surface area contributed by atoms with Crippen LogP contribution in [-0.2, 0) is 4.79 Å². The molecule has 0 saturated carbocycles. The van der Waals surface area contributed by atoms with E-state index in [1.165, 1.54) is 12.3 Å². The van der Waals surface area contributed by atoms with Crippen LogP contribution in [-0.4, -0.2) is 21.0 Å². The number of carboxylic acids is 1. The Balaban J connectivity index is 2.75. The van der Waals surface area contributed by atoms with Crippen molar-refractivity contribution in [2.24, 2.45) is 0 Å². The summed E-state index contributed by atoms with van der Waals surface area (Å²) in [5, 5.41) is 21.5. The smallest absolute Gasteiger partial charge is 0.310 e. The van der Waals surface area contributed by atoms with Crippen LogP contribution in [0.1, 0.15) is 36.9 Å². The molecule has 6 nitrogen and oxygen atoms in total. The van der Waals surface area contributed by atoms with E-state index >= 15 is 0 Å². The summed E-state index contributed by atoms with van der Waals surface area (Å²) in [6.45, 7) is 3.69. The van der Waals surface area contributed by atoms with Crippen molar-refractivity contribution >= 4 is 22.4 Å². The largest absolute Gasteiger partial charge is 0.481 e. The first-order valence-electron chi connectivity index (χ1n) is 6.72. The van der Waals surface area contributed by atoms with Crippen LogP contribution in [0.2, 0.25) is 0 Å². The number of carboxylic acid groups (broad SMARTS) is 1. The van der Waals surface area contributed by atoms with Crippen molar-refractivity contribution in [3.05, 3.63) is 45.8 Å². The molecule has 1 aromatic carbocycles. The van der Waals surface area contributed by atoms with Crippen molar-refractivity contribution in [2.45, 2.75) is 32.6 Å². The number of aryl methyl sites for hydroxylation is 1. The second-order valence-corrected chi connectivity index (χ2v) is 4.98.